The molecule has 0 spiro atoms. The van der Waals surface area contributed by atoms with Gasteiger partial charge < -0.3 is 15.2 Å². The van der Waals surface area contributed by atoms with E-state index in [4.69, 9.17) is 19.8 Å². The number of nitrogens with two attached hydrogens (primary N) is 1. The van der Waals surface area contributed by atoms with Gasteiger partial charge in [-0.1, -0.05) is 6.07 Å². The Kier molecular flexibility index (Phi) is 4.19. The van der Waals surface area contributed by atoms with E-state index in [1.54, 1.807) is 6.20 Å². The van der Waals surface area contributed by atoms with Gasteiger partial charge in [0.05, 0.1) is 18.9 Å². The zero-order valence-corrected chi connectivity index (χ0v) is 13.9. The summed E-state index contributed by atoms with van der Waals surface area (Å²) in [6.07, 6.45) is 4.39. The van der Waals surface area contributed by atoms with Gasteiger partial charge in [0.1, 0.15) is 6.10 Å². The highest BCUT2D eigenvalue weighted by Crippen LogP contribution is 2.26. The van der Waals surface area contributed by atoms with Gasteiger partial charge in [-0.25, -0.2) is 14.6 Å². The fourth-order valence-corrected chi connectivity index (χ4v) is 2.97. The molecule has 1 saturated heterocycles. The first-order valence-corrected chi connectivity index (χ1v) is 8.27. The highest BCUT2D eigenvalue weighted by atomic mass is 16.6. The summed E-state index contributed by atoms with van der Waals surface area (Å²) in [5.41, 5.74) is 10.4. The molecule has 0 radical (unpaired) electrons. The Morgan fingerprint density at radius 1 is 1.24 bits per heavy atom. The molecule has 8 nitrogen and oxygen atoms in total. The number of pyridine rings is 2. The number of aromatic nitrogens is 4. The van der Waals surface area contributed by atoms with Crippen LogP contribution in [0.1, 0.15) is 29.7 Å². The van der Waals surface area contributed by atoms with E-state index in [-0.39, 0.29) is 6.10 Å². The van der Waals surface area contributed by atoms with E-state index < -0.39 is 0 Å². The van der Waals surface area contributed by atoms with Crippen molar-refractivity contribution in [3.8, 4) is 5.88 Å². The highest BCUT2D eigenvalue weighted by molar-refractivity contribution is 5.85. The average Bonchev–Trinajstić information content (AvgIpc) is 3.09. The minimum Gasteiger partial charge on any atom is -0.474 e. The zero-order chi connectivity index (χ0) is 17.2. The summed E-state index contributed by atoms with van der Waals surface area (Å²) >= 11 is 0. The van der Waals surface area contributed by atoms with Gasteiger partial charge in [-0.05, 0) is 22.8 Å². The second-order valence-electron chi connectivity index (χ2n) is 6.14. The van der Waals surface area contributed by atoms with E-state index in [1.807, 2.05) is 19.1 Å². The molecule has 130 valence electrons. The van der Waals surface area contributed by atoms with Gasteiger partial charge in [0.25, 0.3) is 0 Å². The van der Waals surface area contributed by atoms with E-state index in [9.17, 15) is 0 Å². The van der Waals surface area contributed by atoms with E-state index in [0.29, 0.717) is 29.2 Å². The fraction of sp³-hybridized carbons (Fsp3) is 0.412. The number of nitrogen functional groups attached to an aromatic ring is 1. The molecule has 3 aromatic rings. The molecule has 0 saturated carbocycles. The van der Waals surface area contributed by atoms with Crippen LogP contribution in [0.15, 0.2) is 23.0 Å². The topological polar surface area (TPSA) is 109 Å². The first-order chi connectivity index (χ1) is 12.2. The minimum atomic E-state index is 0.177. The predicted molar refractivity (Wildman–Crippen MR) is 90.3 cm³/mol. The lowest BCUT2D eigenvalue weighted by atomic mass is 10.0. The molecule has 8 heteroatoms. The van der Waals surface area contributed by atoms with Crippen LogP contribution in [0.25, 0.3) is 11.2 Å². The van der Waals surface area contributed by atoms with Crippen molar-refractivity contribution in [3.63, 3.8) is 0 Å². The Hall–Kier alpha value is -2.74. The molecule has 0 amide bonds. The molecule has 4 heterocycles. The van der Waals surface area contributed by atoms with Crippen LogP contribution in [0.3, 0.4) is 0 Å². The van der Waals surface area contributed by atoms with Crippen molar-refractivity contribution < 1.29 is 14.1 Å². The van der Waals surface area contributed by atoms with Crippen molar-refractivity contribution in [1.29, 1.82) is 0 Å². The first kappa shape index (κ1) is 15.8. The Morgan fingerprint density at radius 2 is 2.08 bits per heavy atom. The SMILES string of the molecule is Cc1nc2nonc2c(N)c1Cc1ccc(OC2CCOCC2)nc1. The fourth-order valence-electron chi connectivity index (χ4n) is 2.97. The largest absolute Gasteiger partial charge is 0.474 e. The lowest BCUT2D eigenvalue weighted by molar-refractivity contribution is 0.0237. The van der Waals surface area contributed by atoms with E-state index in [1.165, 1.54) is 0 Å². The average molecular weight is 341 g/mol. The molecular weight excluding hydrogens is 322 g/mol. The maximum absolute atomic E-state index is 6.21. The van der Waals surface area contributed by atoms with Crippen LogP contribution in [0.2, 0.25) is 0 Å². The van der Waals surface area contributed by atoms with Gasteiger partial charge in [-0.3, -0.25) is 0 Å². The van der Waals surface area contributed by atoms with Gasteiger partial charge >= 0.3 is 0 Å². The standard InChI is InChI=1S/C17H19N5O3/c1-10-13(15(18)16-17(20-10)22-25-21-16)8-11-2-3-14(19-9-11)24-12-4-6-23-7-5-12/h2-3,9,12H,4-8,18H2,1H3. The van der Waals surface area contributed by atoms with Gasteiger partial charge in [-0.15, -0.1) is 0 Å². The Labute approximate surface area is 144 Å². The lowest BCUT2D eigenvalue weighted by Crippen LogP contribution is -2.26. The summed E-state index contributed by atoms with van der Waals surface area (Å²) in [6.45, 7) is 3.39. The maximum atomic E-state index is 6.21. The van der Waals surface area contributed by atoms with Gasteiger partial charge in [0.2, 0.25) is 11.5 Å². The third-order valence-electron chi connectivity index (χ3n) is 4.40. The third kappa shape index (κ3) is 3.25. The number of rotatable bonds is 4. The molecule has 25 heavy (non-hydrogen) atoms. The summed E-state index contributed by atoms with van der Waals surface area (Å²) < 4.78 is 15.9. The monoisotopic (exact) mass is 341 g/mol. The molecule has 0 aliphatic carbocycles. The molecule has 1 fully saturated rings. The molecule has 4 rings (SSSR count). The normalized spacial score (nSPS) is 15.6. The molecule has 0 bridgehead atoms. The molecule has 0 atom stereocenters. The second kappa shape index (κ2) is 6.64. The van der Waals surface area contributed by atoms with Crippen molar-refractivity contribution in [3.05, 3.63) is 35.2 Å². The van der Waals surface area contributed by atoms with Crippen LogP contribution in [-0.4, -0.2) is 39.6 Å². The Morgan fingerprint density at radius 3 is 2.84 bits per heavy atom. The zero-order valence-electron chi connectivity index (χ0n) is 13.9. The van der Waals surface area contributed by atoms with Gasteiger partial charge in [0, 0.05) is 42.8 Å². The molecule has 2 N–H and O–H groups in total. The number of fused-ring (bicyclic) bond motifs is 1. The van der Waals surface area contributed by atoms with Crippen molar-refractivity contribution in [1.82, 2.24) is 20.3 Å². The number of nitrogens with zero attached hydrogens (tertiary/aromatic N) is 4. The smallest absolute Gasteiger partial charge is 0.226 e. The number of anilines is 1. The minimum absolute atomic E-state index is 0.177. The van der Waals surface area contributed by atoms with E-state index in [0.717, 1.165) is 42.9 Å². The van der Waals surface area contributed by atoms with Crippen LogP contribution in [0.5, 0.6) is 5.88 Å². The molecular formula is C17H19N5O3. The summed E-state index contributed by atoms with van der Waals surface area (Å²) in [7, 11) is 0. The van der Waals surface area contributed by atoms with Crippen LogP contribution < -0.4 is 10.5 Å². The molecule has 0 unspecified atom stereocenters. The summed E-state index contributed by atoms with van der Waals surface area (Å²) in [5.74, 6) is 0.634. The Bertz CT molecular complexity index is 872. The van der Waals surface area contributed by atoms with Gasteiger partial charge in [-0.2, -0.15) is 0 Å². The highest BCUT2D eigenvalue weighted by Gasteiger charge is 2.17. The van der Waals surface area contributed by atoms with Crippen molar-refractivity contribution in [2.45, 2.75) is 32.3 Å². The number of hydrogen-bond donors (Lipinski definition) is 1. The number of hydrogen-bond acceptors (Lipinski definition) is 8. The summed E-state index contributed by atoms with van der Waals surface area (Å²) in [4.78, 5) is 8.79. The lowest BCUT2D eigenvalue weighted by Gasteiger charge is -2.22. The molecule has 1 aliphatic heterocycles. The van der Waals surface area contributed by atoms with Crippen LogP contribution in [0.4, 0.5) is 5.69 Å². The third-order valence-corrected chi connectivity index (χ3v) is 4.40. The molecule has 3 aromatic heterocycles. The summed E-state index contributed by atoms with van der Waals surface area (Å²) in [6, 6.07) is 3.88. The Balaban J connectivity index is 1.51. The van der Waals surface area contributed by atoms with Crippen LogP contribution in [0, 0.1) is 6.92 Å². The maximum Gasteiger partial charge on any atom is 0.226 e. The summed E-state index contributed by atoms with van der Waals surface area (Å²) in [5, 5.41) is 7.56. The van der Waals surface area contributed by atoms with Crippen molar-refractivity contribution in [2.24, 2.45) is 0 Å². The quantitative estimate of drug-likeness (QED) is 0.768. The number of aryl methyl sites for hydroxylation is 1. The molecule has 0 aromatic carbocycles. The predicted octanol–water partition coefficient (Wildman–Crippen LogP) is 2.05. The van der Waals surface area contributed by atoms with Crippen molar-refractivity contribution >= 4 is 16.9 Å². The second-order valence-corrected chi connectivity index (χ2v) is 6.14. The van der Waals surface area contributed by atoms with Gasteiger partial charge in [0.15, 0.2) is 5.52 Å². The van der Waals surface area contributed by atoms with Crippen LogP contribution in [-0.2, 0) is 11.2 Å². The van der Waals surface area contributed by atoms with Crippen molar-refractivity contribution in [2.75, 3.05) is 18.9 Å². The number of ether oxygens (including phenoxy) is 2. The van der Waals surface area contributed by atoms with E-state index in [2.05, 4.69) is 20.3 Å². The van der Waals surface area contributed by atoms with E-state index >= 15 is 0 Å². The molecule has 1 aliphatic rings. The first-order valence-electron chi connectivity index (χ1n) is 8.27. The van der Waals surface area contributed by atoms with Crippen LogP contribution >= 0.6 is 0 Å².